The molecule has 5 nitrogen and oxygen atoms in total. The van der Waals surface area contributed by atoms with Crippen LogP contribution in [0.25, 0.3) is 15.9 Å². The fourth-order valence-electron chi connectivity index (χ4n) is 3.34. The number of ether oxygens (including phenoxy) is 2. The van der Waals surface area contributed by atoms with Crippen LogP contribution in [-0.4, -0.2) is 28.5 Å². The number of nitrogens with zero attached hydrogens (tertiary/aromatic N) is 2. The molecule has 1 aliphatic heterocycles. The first-order valence-corrected chi connectivity index (χ1v) is 10.4. The molecule has 0 saturated heterocycles. The summed E-state index contributed by atoms with van der Waals surface area (Å²) in [7, 11) is 1.61. The molecule has 1 aliphatic rings. The van der Waals surface area contributed by atoms with Gasteiger partial charge < -0.3 is 9.47 Å². The molecular formula is C19H20N2O3S2. The molecule has 4 rings (SSSR count). The van der Waals surface area contributed by atoms with E-state index in [2.05, 4.69) is 13.8 Å². The number of fused-ring (bicyclic) bond motifs is 3. The molecule has 0 bridgehead atoms. The number of hydrogen-bond donors (Lipinski definition) is 0. The van der Waals surface area contributed by atoms with Crippen molar-refractivity contribution in [3.05, 3.63) is 45.1 Å². The number of para-hydroxylation sites is 2. The van der Waals surface area contributed by atoms with Crippen LogP contribution < -0.4 is 10.3 Å². The molecule has 0 spiro atoms. The van der Waals surface area contributed by atoms with Crippen molar-refractivity contribution in [3.8, 4) is 11.4 Å². The van der Waals surface area contributed by atoms with E-state index in [0.717, 1.165) is 15.3 Å². The lowest BCUT2D eigenvalue weighted by molar-refractivity contribution is -0.0379. The number of methoxy groups -OCH3 is 1. The first kappa shape index (κ1) is 17.6. The molecule has 0 fully saturated rings. The molecule has 0 unspecified atom stereocenters. The van der Waals surface area contributed by atoms with Gasteiger partial charge in [0.1, 0.15) is 10.6 Å². The molecule has 3 heterocycles. The highest BCUT2D eigenvalue weighted by atomic mass is 32.2. The lowest BCUT2D eigenvalue weighted by Crippen LogP contribution is -2.32. The molecule has 0 saturated carbocycles. The molecule has 0 N–H and O–H groups in total. The number of thioether (sulfide) groups is 1. The van der Waals surface area contributed by atoms with Crippen molar-refractivity contribution < 1.29 is 9.47 Å². The predicted molar refractivity (Wildman–Crippen MR) is 106 cm³/mol. The Morgan fingerprint density at radius 3 is 2.85 bits per heavy atom. The zero-order chi connectivity index (χ0) is 18.5. The van der Waals surface area contributed by atoms with Crippen LogP contribution in [0.15, 0.2) is 34.2 Å². The average molecular weight is 389 g/mol. The van der Waals surface area contributed by atoms with E-state index in [1.165, 1.54) is 11.8 Å². The summed E-state index contributed by atoms with van der Waals surface area (Å²) in [6.07, 6.45) is 2.64. The highest BCUT2D eigenvalue weighted by molar-refractivity contribution is 7.98. The number of aromatic nitrogens is 2. The molecule has 2 aromatic heterocycles. The highest BCUT2D eigenvalue weighted by Gasteiger charge is 2.31. The maximum Gasteiger partial charge on any atom is 0.267 e. The summed E-state index contributed by atoms with van der Waals surface area (Å²) in [5, 5.41) is 1.37. The fraction of sp³-hybridized carbons (Fsp3) is 0.368. The van der Waals surface area contributed by atoms with Gasteiger partial charge in [0, 0.05) is 11.3 Å². The fourth-order valence-corrected chi connectivity index (χ4v) is 5.04. The molecule has 0 radical (unpaired) electrons. The van der Waals surface area contributed by atoms with Crippen molar-refractivity contribution in [1.29, 1.82) is 0 Å². The van der Waals surface area contributed by atoms with Crippen LogP contribution in [0.3, 0.4) is 0 Å². The van der Waals surface area contributed by atoms with Crippen molar-refractivity contribution in [3.63, 3.8) is 0 Å². The molecule has 136 valence electrons. The Morgan fingerprint density at radius 2 is 2.12 bits per heavy atom. The summed E-state index contributed by atoms with van der Waals surface area (Å²) < 4.78 is 13.1. The minimum Gasteiger partial charge on any atom is -0.495 e. The standard InChI is InChI=1S/C19H20N2O3S2/c1-19(2)9-11-14(10-24-19)26-16-15(11)17(22)21(18(20-16)25-4)12-7-5-6-8-13(12)23-3/h5-8H,9-10H2,1-4H3. The number of rotatable bonds is 3. The second kappa shape index (κ2) is 6.40. The van der Waals surface area contributed by atoms with Gasteiger partial charge in [-0.05, 0) is 37.8 Å². The Morgan fingerprint density at radius 1 is 1.35 bits per heavy atom. The third-order valence-electron chi connectivity index (χ3n) is 4.58. The molecule has 0 atom stereocenters. The van der Waals surface area contributed by atoms with Crippen LogP contribution in [0.1, 0.15) is 24.3 Å². The average Bonchev–Trinajstić information content (AvgIpc) is 2.98. The molecule has 1 aromatic carbocycles. The van der Waals surface area contributed by atoms with Gasteiger partial charge in [-0.15, -0.1) is 11.3 Å². The molecule has 0 amide bonds. The SMILES string of the molecule is COc1ccccc1-n1c(SC)nc2sc3c(c2c1=O)CC(C)(C)OC3. The summed E-state index contributed by atoms with van der Waals surface area (Å²) in [6, 6.07) is 7.54. The van der Waals surface area contributed by atoms with Gasteiger partial charge in [0.05, 0.1) is 30.4 Å². The lowest BCUT2D eigenvalue weighted by atomic mass is 9.94. The van der Waals surface area contributed by atoms with E-state index in [1.54, 1.807) is 23.0 Å². The van der Waals surface area contributed by atoms with Gasteiger partial charge in [0.25, 0.3) is 5.56 Å². The third-order valence-corrected chi connectivity index (χ3v) is 6.32. The second-order valence-corrected chi connectivity index (χ2v) is 8.68. The van der Waals surface area contributed by atoms with Gasteiger partial charge in [0.15, 0.2) is 5.16 Å². The Labute approximate surface area is 160 Å². The summed E-state index contributed by atoms with van der Waals surface area (Å²) in [5.41, 5.74) is 1.47. The lowest BCUT2D eigenvalue weighted by Gasteiger charge is -2.29. The minimum absolute atomic E-state index is 0.0425. The first-order valence-electron chi connectivity index (χ1n) is 8.34. The number of thiophene rings is 1. The first-order chi connectivity index (χ1) is 12.4. The molecule has 3 aromatic rings. The van der Waals surface area contributed by atoms with Crippen LogP contribution in [0.5, 0.6) is 5.75 Å². The molecule has 0 aliphatic carbocycles. The van der Waals surface area contributed by atoms with Gasteiger partial charge in [-0.2, -0.15) is 0 Å². The quantitative estimate of drug-likeness (QED) is 0.501. The van der Waals surface area contributed by atoms with E-state index < -0.39 is 0 Å². The molecule has 7 heteroatoms. The van der Waals surface area contributed by atoms with Crippen molar-refractivity contribution in [2.24, 2.45) is 0 Å². The van der Waals surface area contributed by atoms with Crippen LogP contribution in [0.4, 0.5) is 0 Å². The molecule has 26 heavy (non-hydrogen) atoms. The van der Waals surface area contributed by atoms with Crippen LogP contribution in [-0.2, 0) is 17.8 Å². The Bertz CT molecular complexity index is 1050. The minimum atomic E-state index is -0.277. The summed E-state index contributed by atoms with van der Waals surface area (Å²) >= 11 is 3.02. The van der Waals surface area contributed by atoms with E-state index in [1.807, 2.05) is 30.5 Å². The highest BCUT2D eigenvalue weighted by Crippen LogP contribution is 2.38. The van der Waals surface area contributed by atoms with Crippen LogP contribution in [0.2, 0.25) is 0 Å². The zero-order valence-corrected chi connectivity index (χ0v) is 16.8. The summed E-state index contributed by atoms with van der Waals surface area (Å²) in [6.45, 7) is 4.65. The third kappa shape index (κ3) is 2.74. The van der Waals surface area contributed by atoms with Crippen molar-refractivity contribution >= 4 is 33.3 Å². The van der Waals surface area contributed by atoms with Gasteiger partial charge >= 0.3 is 0 Å². The summed E-state index contributed by atoms with van der Waals surface area (Å²) in [5.74, 6) is 0.652. The predicted octanol–water partition coefficient (Wildman–Crippen LogP) is 4.03. The van der Waals surface area contributed by atoms with E-state index in [4.69, 9.17) is 14.5 Å². The van der Waals surface area contributed by atoms with Crippen molar-refractivity contribution in [2.75, 3.05) is 13.4 Å². The smallest absolute Gasteiger partial charge is 0.267 e. The second-order valence-electron chi connectivity index (χ2n) is 6.82. The Hall–Kier alpha value is -1.83. The van der Waals surface area contributed by atoms with Crippen LogP contribution >= 0.6 is 23.1 Å². The topological polar surface area (TPSA) is 53.4 Å². The van der Waals surface area contributed by atoms with Gasteiger partial charge in [-0.1, -0.05) is 23.9 Å². The van der Waals surface area contributed by atoms with E-state index >= 15 is 0 Å². The Balaban J connectivity index is 2.05. The van der Waals surface area contributed by atoms with E-state index in [0.29, 0.717) is 35.0 Å². The van der Waals surface area contributed by atoms with Crippen molar-refractivity contribution in [2.45, 2.75) is 37.6 Å². The largest absolute Gasteiger partial charge is 0.495 e. The normalized spacial score (nSPS) is 15.8. The van der Waals surface area contributed by atoms with Crippen LogP contribution in [0, 0.1) is 0 Å². The summed E-state index contributed by atoms with van der Waals surface area (Å²) in [4.78, 5) is 20.2. The van der Waals surface area contributed by atoms with Gasteiger partial charge in [-0.3, -0.25) is 9.36 Å². The monoisotopic (exact) mass is 388 g/mol. The van der Waals surface area contributed by atoms with Gasteiger partial charge in [-0.25, -0.2) is 4.98 Å². The van der Waals surface area contributed by atoms with E-state index in [-0.39, 0.29) is 11.2 Å². The Kier molecular flexibility index (Phi) is 4.33. The number of benzene rings is 1. The maximum atomic E-state index is 13.5. The van der Waals surface area contributed by atoms with Gasteiger partial charge in [0.2, 0.25) is 0 Å². The van der Waals surface area contributed by atoms with Crippen molar-refractivity contribution in [1.82, 2.24) is 9.55 Å². The number of hydrogen-bond acceptors (Lipinski definition) is 6. The zero-order valence-electron chi connectivity index (χ0n) is 15.2. The molecular weight excluding hydrogens is 368 g/mol. The van der Waals surface area contributed by atoms with E-state index in [9.17, 15) is 4.79 Å². The maximum absolute atomic E-state index is 13.5.